The highest BCUT2D eigenvalue weighted by Gasteiger charge is 2.14. The Morgan fingerprint density at radius 2 is 2.04 bits per heavy atom. The van der Waals surface area contributed by atoms with Gasteiger partial charge in [-0.2, -0.15) is 0 Å². The smallest absolute Gasteiger partial charge is 0.233 e. The van der Waals surface area contributed by atoms with Crippen LogP contribution in [0.5, 0.6) is 5.75 Å². The van der Waals surface area contributed by atoms with Crippen LogP contribution in [-0.4, -0.2) is 73.8 Å². The first-order valence-electron chi connectivity index (χ1n) is 9.58. The number of likely N-dealkylation sites (N-methyl/N-ethyl adjacent to an activating group) is 2. The molecule has 1 aliphatic heterocycles. The molecule has 1 heterocycles. The van der Waals surface area contributed by atoms with Crippen LogP contribution in [-0.2, 0) is 11.3 Å². The lowest BCUT2D eigenvalue weighted by Crippen LogP contribution is -2.36. The number of hydrogen-bond acceptors (Lipinski definition) is 5. The molecule has 0 unspecified atom stereocenters. The number of rotatable bonds is 9. The van der Waals surface area contributed by atoms with E-state index in [4.69, 9.17) is 4.74 Å². The van der Waals surface area contributed by atoms with E-state index in [1.807, 2.05) is 36.2 Å². The van der Waals surface area contributed by atoms with Crippen LogP contribution in [0.15, 0.2) is 24.3 Å². The third-order valence-electron chi connectivity index (χ3n) is 4.65. The van der Waals surface area contributed by atoms with Crippen molar-refractivity contribution in [3.05, 3.63) is 29.8 Å². The molecule has 0 aromatic heterocycles. The molecule has 146 valence electrons. The quantitative estimate of drug-likeness (QED) is 0.696. The van der Waals surface area contributed by atoms with E-state index < -0.39 is 6.10 Å². The van der Waals surface area contributed by atoms with Crippen molar-refractivity contribution in [2.45, 2.75) is 38.3 Å². The van der Waals surface area contributed by atoms with Crippen molar-refractivity contribution in [2.75, 3.05) is 46.9 Å². The van der Waals surface area contributed by atoms with Crippen molar-refractivity contribution in [1.82, 2.24) is 15.1 Å². The van der Waals surface area contributed by atoms with Crippen LogP contribution < -0.4 is 10.1 Å². The van der Waals surface area contributed by atoms with Crippen LogP contribution >= 0.6 is 0 Å². The summed E-state index contributed by atoms with van der Waals surface area (Å²) in [6.45, 7) is 4.15. The summed E-state index contributed by atoms with van der Waals surface area (Å²) >= 11 is 0. The van der Waals surface area contributed by atoms with Gasteiger partial charge in [-0.15, -0.1) is 0 Å². The highest BCUT2D eigenvalue weighted by molar-refractivity contribution is 5.77. The summed E-state index contributed by atoms with van der Waals surface area (Å²) < 4.78 is 5.79. The average Bonchev–Trinajstić information content (AvgIpc) is 2.88. The van der Waals surface area contributed by atoms with Crippen molar-refractivity contribution in [1.29, 1.82) is 0 Å². The number of benzene rings is 1. The SMILES string of the molecule is CNC(=O)CN(C)Cc1cccc(OC[C@@H](O)CN2CCCCCC2)c1. The summed E-state index contributed by atoms with van der Waals surface area (Å²) in [7, 11) is 3.55. The minimum atomic E-state index is -0.479. The topological polar surface area (TPSA) is 65.0 Å². The van der Waals surface area contributed by atoms with Crippen molar-refractivity contribution >= 4 is 5.91 Å². The Labute approximate surface area is 157 Å². The van der Waals surface area contributed by atoms with E-state index in [9.17, 15) is 9.90 Å². The van der Waals surface area contributed by atoms with Crippen molar-refractivity contribution in [3.8, 4) is 5.75 Å². The van der Waals surface area contributed by atoms with Gasteiger partial charge >= 0.3 is 0 Å². The van der Waals surface area contributed by atoms with E-state index in [1.165, 1.54) is 25.7 Å². The molecule has 1 aromatic carbocycles. The summed E-state index contributed by atoms with van der Waals surface area (Å²) in [5.74, 6) is 0.752. The van der Waals surface area contributed by atoms with Gasteiger partial charge in [0, 0.05) is 20.1 Å². The van der Waals surface area contributed by atoms with Gasteiger partial charge in [0.05, 0.1) is 6.54 Å². The Morgan fingerprint density at radius 1 is 1.31 bits per heavy atom. The molecule has 6 heteroatoms. The number of β-amino-alcohol motifs (C(OH)–C–C–N with tert-alkyl or cyclic N) is 1. The number of hydrogen-bond donors (Lipinski definition) is 2. The van der Waals surface area contributed by atoms with Gasteiger partial charge in [0.2, 0.25) is 5.91 Å². The number of likely N-dealkylation sites (tertiary alicyclic amines) is 1. The fourth-order valence-corrected chi connectivity index (χ4v) is 3.29. The maximum absolute atomic E-state index is 11.4. The van der Waals surface area contributed by atoms with E-state index in [2.05, 4.69) is 10.2 Å². The molecule has 2 rings (SSSR count). The van der Waals surface area contributed by atoms with E-state index in [0.717, 1.165) is 24.4 Å². The first kappa shape index (κ1) is 20.7. The summed E-state index contributed by atoms with van der Waals surface area (Å²) in [6, 6.07) is 7.83. The first-order chi connectivity index (χ1) is 12.6. The lowest BCUT2D eigenvalue weighted by molar-refractivity contribution is -0.121. The minimum absolute atomic E-state index is 0.00320. The zero-order valence-corrected chi connectivity index (χ0v) is 16.1. The Hall–Kier alpha value is -1.63. The molecule has 0 aliphatic carbocycles. The van der Waals surface area contributed by atoms with Gasteiger partial charge in [0.15, 0.2) is 0 Å². The zero-order chi connectivity index (χ0) is 18.8. The molecule has 1 aromatic rings. The van der Waals surface area contributed by atoms with Crippen molar-refractivity contribution in [3.63, 3.8) is 0 Å². The number of nitrogens with zero attached hydrogens (tertiary/aromatic N) is 2. The first-order valence-corrected chi connectivity index (χ1v) is 9.58. The number of amides is 1. The maximum Gasteiger partial charge on any atom is 0.233 e. The molecular formula is C20H33N3O3. The highest BCUT2D eigenvalue weighted by Crippen LogP contribution is 2.15. The summed E-state index contributed by atoms with van der Waals surface area (Å²) in [5, 5.41) is 12.9. The largest absolute Gasteiger partial charge is 0.491 e. The minimum Gasteiger partial charge on any atom is -0.491 e. The normalized spacial score (nSPS) is 16.9. The predicted octanol–water partition coefficient (Wildman–Crippen LogP) is 1.48. The van der Waals surface area contributed by atoms with Gasteiger partial charge in [-0.25, -0.2) is 0 Å². The number of ether oxygens (including phenoxy) is 1. The lowest BCUT2D eigenvalue weighted by atomic mass is 10.2. The van der Waals surface area contributed by atoms with E-state index in [1.54, 1.807) is 7.05 Å². The molecule has 26 heavy (non-hydrogen) atoms. The average molecular weight is 364 g/mol. The lowest BCUT2D eigenvalue weighted by Gasteiger charge is -2.23. The van der Waals surface area contributed by atoms with Crippen LogP contribution in [0.25, 0.3) is 0 Å². The molecule has 0 saturated carbocycles. The molecule has 1 atom stereocenters. The monoisotopic (exact) mass is 363 g/mol. The summed E-state index contributed by atoms with van der Waals surface area (Å²) in [5.41, 5.74) is 1.08. The van der Waals surface area contributed by atoms with Crippen molar-refractivity contribution < 1.29 is 14.6 Å². The second kappa shape index (κ2) is 11.2. The molecule has 1 saturated heterocycles. The maximum atomic E-state index is 11.4. The highest BCUT2D eigenvalue weighted by atomic mass is 16.5. The van der Waals surface area contributed by atoms with Gasteiger partial charge in [-0.1, -0.05) is 25.0 Å². The third-order valence-corrected chi connectivity index (χ3v) is 4.65. The summed E-state index contributed by atoms with van der Waals surface area (Å²) in [4.78, 5) is 15.7. The van der Waals surface area contributed by atoms with E-state index >= 15 is 0 Å². The molecule has 1 amide bonds. The van der Waals surface area contributed by atoms with Gasteiger partial charge < -0.3 is 20.1 Å². The van der Waals surface area contributed by atoms with E-state index in [-0.39, 0.29) is 5.91 Å². The Bertz CT molecular complexity index is 545. The molecule has 0 radical (unpaired) electrons. The number of nitrogens with one attached hydrogen (secondary N) is 1. The predicted molar refractivity (Wildman–Crippen MR) is 103 cm³/mol. The number of aliphatic hydroxyl groups excluding tert-OH is 1. The Kier molecular flexibility index (Phi) is 8.88. The van der Waals surface area contributed by atoms with Crippen LogP contribution in [0.3, 0.4) is 0 Å². The Morgan fingerprint density at radius 3 is 2.73 bits per heavy atom. The van der Waals surface area contributed by atoms with Crippen LogP contribution in [0.4, 0.5) is 0 Å². The fraction of sp³-hybridized carbons (Fsp3) is 0.650. The van der Waals surface area contributed by atoms with Crippen LogP contribution in [0.1, 0.15) is 31.2 Å². The molecule has 0 bridgehead atoms. The standard InChI is InChI=1S/C20H33N3O3/c1-21-20(25)15-22(2)13-17-8-7-9-19(12-17)26-16-18(24)14-23-10-5-3-4-6-11-23/h7-9,12,18,24H,3-6,10-11,13-16H2,1-2H3,(H,21,25)/t18-/m0/s1. The molecular weight excluding hydrogens is 330 g/mol. The molecule has 1 aliphatic rings. The van der Waals surface area contributed by atoms with Gasteiger partial charge in [0.1, 0.15) is 18.5 Å². The molecule has 1 fully saturated rings. The molecule has 0 spiro atoms. The van der Waals surface area contributed by atoms with Gasteiger partial charge in [-0.05, 0) is 50.7 Å². The fourth-order valence-electron chi connectivity index (χ4n) is 3.29. The second-order valence-electron chi connectivity index (χ2n) is 7.17. The van der Waals surface area contributed by atoms with Gasteiger partial charge in [0.25, 0.3) is 0 Å². The molecule has 6 nitrogen and oxygen atoms in total. The number of carbonyl (C=O) groups is 1. The van der Waals surface area contributed by atoms with E-state index in [0.29, 0.717) is 26.2 Å². The second-order valence-corrected chi connectivity index (χ2v) is 7.17. The van der Waals surface area contributed by atoms with Crippen LogP contribution in [0.2, 0.25) is 0 Å². The van der Waals surface area contributed by atoms with Crippen LogP contribution in [0, 0.1) is 0 Å². The third kappa shape index (κ3) is 7.72. The number of aliphatic hydroxyl groups is 1. The molecule has 2 N–H and O–H groups in total. The van der Waals surface area contributed by atoms with Crippen molar-refractivity contribution in [2.24, 2.45) is 0 Å². The van der Waals surface area contributed by atoms with Gasteiger partial charge in [-0.3, -0.25) is 9.69 Å². The zero-order valence-electron chi connectivity index (χ0n) is 16.1. The number of carbonyl (C=O) groups excluding carboxylic acids is 1. The Balaban J connectivity index is 1.77. The summed E-state index contributed by atoms with van der Waals surface area (Å²) in [6.07, 6.45) is 4.56.